The second-order valence-electron chi connectivity index (χ2n) is 2.83. The first-order valence-electron chi connectivity index (χ1n) is 3.82. The molecule has 0 saturated heterocycles. The number of nitrogens with two attached hydrogens (primary N) is 1. The topological polar surface area (TPSA) is 56.0 Å². The molecule has 2 N–H and O–H groups in total. The van der Waals surface area contributed by atoms with Gasteiger partial charge in [-0.25, -0.2) is 0 Å². The summed E-state index contributed by atoms with van der Waals surface area (Å²) in [4.78, 5) is 12.2. The summed E-state index contributed by atoms with van der Waals surface area (Å²) in [5.74, 6) is 0.00736. The first kappa shape index (κ1) is 9.35. The highest BCUT2D eigenvalue weighted by Crippen LogP contribution is 2.13. The van der Waals surface area contributed by atoms with Gasteiger partial charge >= 0.3 is 0 Å². The molecular formula is C8H12N2OS. The summed E-state index contributed by atoms with van der Waals surface area (Å²) in [6.45, 7) is 4.10. The number of hydrogen-bond donors (Lipinski definition) is 1. The van der Waals surface area contributed by atoms with Crippen LogP contribution in [0, 0.1) is 12.8 Å². The Balaban J connectivity index is 2.78. The predicted molar refractivity (Wildman–Crippen MR) is 49.4 cm³/mol. The maximum absolute atomic E-state index is 11.5. The van der Waals surface area contributed by atoms with E-state index in [2.05, 4.69) is 4.37 Å². The first-order chi connectivity index (χ1) is 5.65. The van der Waals surface area contributed by atoms with Crippen molar-refractivity contribution in [2.45, 2.75) is 13.8 Å². The Kier molecular flexibility index (Phi) is 2.94. The Bertz CT molecular complexity index is 282. The second kappa shape index (κ2) is 3.78. The van der Waals surface area contributed by atoms with Crippen LogP contribution in [0.5, 0.6) is 0 Å². The van der Waals surface area contributed by atoms with Gasteiger partial charge in [-0.1, -0.05) is 6.92 Å². The van der Waals surface area contributed by atoms with Crippen LogP contribution < -0.4 is 5.73 Å². The van der Waals surface area contributed by atoms with Crippen LogP contribution >= 0.6 is 11.5 Å². The summed E-state index contributed by atoms with van der Waals surface area (Å²) in [6.07, 6.45) is 0. The molecule has 1 aromatic rings. The number of nitrogens with zero attached hydrogens (tertiary/aromatic N) is 1. The Hall–Kier alpha value is -0.740. The van der Waals surface area contributed by atoms with Gasteiger partial charge < -0.3 is 5.73 Å². The zero-order valence-electron chi connectivity index (χ0n) is 7.20. The molecule has 1 aromatic heterocycles. The quantitative estimate of drug-likeness (QED) is 0.719. The number of carbonyl (C=O) groups excluding carboxylic acids is 1. The number of aromatic nitrogens is 1. The molecule has 0 aliphatic carbocycles. The minimum Gasteiger partial charge on any atom is -0.330 e. The van der Waals surface area contributed by atoms with Gasteiger partial charge in [0.2, 0.25) is 0 Å². The first-order valence-corrected chi connectivity index (χ1v) is 4.60. The average molecular weight is 184 g/mol. The van der Waals surface area contributed by atoms with Crippen molar-refractivity contribution >= 4 is 17.3 Å². The molecule has 0 spiro atoms. The van der Waals surface area contributed by atoms with Crippen molar-refractivity contribution in [3.05, 3.63) is 16.6 Å². The van der Waals surface area contributed by atoms with Gasteiger partial charge in [0.15, 0.2) is 5.78 Å². The minimum absolute atomic E-state index is 0.0927. The van der Waals surface area contributed by atoms with E-state index in [9.17, 15) is 4.79 Å². The van der Waals surface area contributed by atoms with Crippen LogP contribution in [0.4, 0.5) is 0 Å². The lowest BCUT2D eigenvalue weighted by Gasteiger charge is -2.02. The van der Waals surface area contributed by atoms with E-state index >= 15 is 0 Å². The molecule has 0 radical (unpaired) electrons. The summed E-state index contributed by atoms with van der Waals surface area (Å²) in [5.41, 5.74) is 6.28. The van der Waals surface area contributed by atoms with Crippen molar-refractivity contribution < 1.29 is 4.79 Å². The van der Waals surface area contributed by atoms with Crippen molar-refractivity contribution in [3.63, 3.8) is 0 Å². The van der Waals surface area contributed by atoms with E-state index in [1.807, 2.05) is 13.8 Å². The van der Waals surface area contributed by atoms with Crippen LogP contribution in [-0.4, -0.2) is 16.7 Å². The molecule has 1 heterocycles. The molecule has 1 unspecified atom stereocenters. The molecule has 1 atom stereocenters. The van der Waals surface area contributed by atoms with Gasteiger partial charge in [0.1, 0.15) is 0 Å². The zero-order valence-corrected chi connectivity index (χ0v) is 8.02. The van der Waals surface area contributed by atoms with Crippen LogP contribution in [0.2, 0.25) is 0 Å². The number of carbonyl (C=O) groups is 1. The lowest BCUT2D eigenvalue weighted by atomic mass is 10.1. The molecule has 3 nitrogen and oxygen atoms in total. The van der Waals surface area contributed by atoms with E-state index in [1.165, 1.54) is 11.5 Å². The summed E-state index contributed by atoms with van der Waals surface area (Å²) in [5, 5.41) is 0. The highest BCUT2D eigenvalue weighted by Gasteiger charge is 2.15. The Morgan fingerprint density at radius 2 is 2.50 bits per heavy atom. The van der Waals surface area contributed by atoms with Crippen LogP contribution in [0.3, 0.4) is 0 Å². The van der Waals surface area contributed by atoms with Crippen molar-refractivity contribution in [1.29, 1.82) is 0 Å². The summed E-state index contributed by atoms with van der Waals surface area (Å²) < 4.78 is 4.03. The van der Waals surface area contributed by atoms with E-state index in [0.29, 0.717) is 11.4 Å². The third kappa shape index (κ3) is 1.89. The smallest absolute Gasteiger partial charge is 0.178 e. The van der Waals surface area contributed by atoms with Gasteiger partial charge in [-0.2, -0.15) is 4.37 Å². The molecule has 0 aromatic carbocycles. The van der Waals surface area contributed by atoms with Crippen molar-refractivity contribution in [1.82, 2.24) is 4.37 Å². The predicted octanol–water partition coefficient (Wildman–Crippen LogP) is 1.23. The number of rotatable bonds is 3. The van der Waals surface area contributed by atoms with Crippen molar-refractivity contribution in [3.8, 4) is 0 Å². The Labute approximate surface area is 75.8 Å². The Morgan fingerprint density at radius 1 is 1.83 bits per heavy atom. The third-order valence-electron chi connectivity index (χ3n) is 1.67. The molecule has 0 amide bonds. The summed E-state index contributed by atoms with van der Waals surface area (Å²) in [6, 6.07) is 1.80. The van der Waals surface area contributed by atoms with Gasteiger partial charge in [0.25, 0.3) is 0 Å². The van der Waals surface area contributed by atoms with Crippen molar-refractivity contribution in [2.24, 2.45) is 11.7 Å². The normalized spacial score (nSPS) is 12.9. The lowest BCUT2D eigenvalue weighted by Crippen LogP contribution is -2.19. The van der Waals surface area contributed by atoms with Crippen LogP contribution in [0.15, 0.2) is 6.07 Å². The van der Waals surface area contributed by atoms with E-state index < -0.39 is 0 Å². The van der Waals surface area contributed by atoms with Gasteiger partial charge in [0, 0.05) is 12.5 Å². The molecule has 12 heavy (non-hydrogen) atoms. The van der Waals surface area contributed by atoms with Crippen LogP contribution in [0.1, 0.15) is 22.3 Å². The minimum atomic E-state index is -0.0927. The fraction of sp³-hybridized carbons (Fsp3) is 0.500. The maximum atomic E-state index is 11.5. The standard InChI is InChI=1S/C8H12N2OS/c1-5(4-9)8(11)7-3-6(2)10-12-7/h3,5H,4,9H2,1-2H3. The van der Waals surface area contributed by atoms with E-state index in [4.69, 9.17) is 5.73 Å². The Morgan fingerprint density at radius 3 is 2.92 bits per heavy atom. The SMILES string of the molecule is Cc1cc(C(=O)C(C)CN)sn1. The lowest BCUT2D eigenvalue weighted by molar-refractivity contribution is 0.0938. The highest BCUT2D eigenvalue weighted by atomic mass is 32.1. The molecule has 0 aliphatic heterocycles. The van der Waals surface area contributed by atoms with Gasteiger partial charge in [0.05, 0.1) is 10.6 Å². The number of ketones is 1. The molecule has 4 heteroatoms. The molecule has 66 valence electrons. The largest absolute Gasteiger partial charge is 0.330 e. The number of hydrogen-bond acceptors (Lipinski definition) is 4. The van der Waals surface area contributed by atoms with Gasteiger partial charge in [-0.3, -0.25) is 4.79 Å². The fourth-order valence-corrected chi connectivity index (χ4v) is 1.64. The third-order valence-corrected chi connectivity index (χ3v) is 2.57. The van der Waals surface area contributed by atoms with E-state index in [1.54, 1.807) is 6.07 Å². The molecule has 0 aliphatic rings. The van der Waals surface area contributed by atoms with E-state index in [0.717, 1.165) is 5.69 Å². The monoisotopic (exact) mass is 184 g/mol. The zero-order chi connectivity index (χ0) is 9.14. The molecule has 0 saturated carbocycles. The van der Waals surface area contributed by atoms with E-state index in [-0.39, 0.29) is 11.7 Å². The maximum Gasteiger partial charge on any atom is 0.178 e. The van der Waals surface area contributed by atoms with Gasteiger partial charge in [-0.05, 0) is 24.5 Å². The van der Waals surface area contributed by atoms with Crippen molar-refractivity contribution in [2.75, 3.05) is 6.54 Å². The molecule has 1 rings (SSSR count). The van der Waals surface area contributed by atoms with Gasteiger partial charge in [-0.15, -0.1) is 0 Å². The average Bonchev–Trinajstić information content (AvgIpc) is 2.49. The number of aryl methyl sites for hydroxylation is 1. The summed E-state index contributed by atoms with van der Waals surface area (Å²) >= 11 is 1.25. The fourth-order valence-electron chi connectivity index (χ4n) is 0.830. The molecular weight excluding hydrogens is 172 g/mol. The van der Waals surface area contributed by atoms with Crippen LogP contribution in [0.25, 0.3) is 0 Å². The van der Waals surface area contributed by atoms with Crippen LogP contribution in [-0.2, 0) is 0 Å². The summed E-state index contributed by atoms with van der Waals surface area (Å²) in [7, 11) is 0. The molecule has 0 fully saturated rings. The number of Topliss-reactive ketones (excluding diaryl/α,β-unsaturated/α-hetero) is 1. The highest BCUT2D eigenvalue weighted by molar-refractivity contribution is 7.08. The second-order valence-corrected chi connectivity index (χ2v) is 3.64. The molecule has 0 bridgehead atoms.